The van der Waals surface area contributed by atoms with Gasteiger partial charge in [-0.25, -0.2) is 0 Å². The van der Waals surface area contributed by atoms with E-state index >= 15 is 0 Å². The van der Waals surface area contributed by atoms with Gasteiger partial charge < -0.3 is 10.0 Å². The number of carbonyl (C=O) groups is 1. The lowest BCUT2D eigenvalue weighted by molar-refractivity contribution is -0.137. The molecule has 1 unspecified atom stereocenters. The summed E-state index contributed by atoms with van der Waals surface area (Å²) in [6.07, 6.45) is 0.0275. The van der Waals surface area contributed by atoms with Crippen molar-refractivity contribution in [2.75, 3.05) is 20.6 Å². The Morgan fingerprint density at radius 3 is 2.50 bits per heavy atom. The molecule has 0 heterocycles. The van der Waals surface area contributed by atoms with E-state index < -0.39 is 5.97 Å². The number of nitrogens with zero attached hydrogens (tertiary/aromatic N) is 1. The average Bonchev–Trinajstić information content (AvgIpc) is 1.58. The number of carboxylic acid groups (broad SMARTS) is 1. The molecule has 0 aliphatic rings. The summed E-state index contributed by atoms with van der Waals surface area (Å²) in [5, 5.41) is 8.01. The number of rotatable bonds is 4. The van der Waals surface area contributed by atoms with E-state index in [1.807, 2.05) is 19.0 Å². The van der Waals surface area contributed by atoms with Gasteiger partial charge in [0.15, 0.2) is 0 Å². The van der Waals surface area contributed by atoms with E-state index in [-0.39, 0.29) is 11.8 Å². The molecular formula is C6H12ClNO2. The molecule has 0 aliphatic heterocycles. The second-order valence-corrected chi connectivity index (χ2v) is 3.07. The first-order valence-electron chi connectivity index (χ1n) is 3.03. The summed E-state index contributed by atoms with van der Waals surface area (Å²) in [5.41, 5.74) is 0. The van der Waals surface area contributed by atoms with Crippen LogP contribution in [0.2, 0.25) is 0 Å². The normalized spacial score (nSPS) is 13.6. The lowest BCUT2D eigenvalue weighted by Crippen LogP contribution is -2.23. The fraction of sp³-hybridized carbons (Fsp3) is 0.833. The van der Waals surface area contributed by atoms with Crippen LogP contribution in [0.3, 0.4) is 0 Å². The van der Waals surface area contributed by atoms with Crippen LogP contribution < -0.4 is 0 Å². The number of alkyl halides is 1. The predicted molar refractivity (Wildman–Crippen MR) is 40.4 cm³/mol. The molecule has 0 fully saturated rings. The zero-order valence-electron chi connectivity index (χ0n) is 6.17. The van der Waals surface area contributed by atoms with Gasteiger partial charge in [-0.1, -0.05) is 0 Å². The van der Waals surface area contributed by atoms with E-state index in [4.69, 9.17) is 16.7 Å². The van der Waals surface area contributed by atoms with E-state index in [2.05, 4.69) is 0 Å². The van der Waals surface area contributed by atoms with Crippen molar-refractivity contribution in [3.05, 3.63) is 0 Å². The van der Waals surface area contributed by atoms with Crippen LogP contribution in [0.25, 0.3) is 0 Å². The maximum absolute atomic E-state index is 10.1. The van der Waals surface area contributed by atoms with Gasteiger partial charge in [0.1, 0.15) is 0 Å². The van der Waals surface area contributed by atoms with Gasteiger partial charge in [-0.15, -0.1) is 11.6 Å². The number of carboxylic acids is 1. The van der Waals surface area contributed by atoms with Crippen molar-refractivity contribution in [3.63, 3.8) is 0 Å². The summed E-state index contributed by atoms with van der Waals surface area (Å²) in [4.78, 5) is 11.9. The smallest absolute Gasteiger partial charge is 0.304 e. The molecule has 0 saturated carbocycles. The first-order valence-corrected chi connectivity index (χ1v) is 3.46. The van der Waals surface area contributed by atoms with Crippen LogP contribution in [0.4, 0.5) is 0 Å². The van der Waals surface area contributed by atoms with Crippen molar-refractivity contribution in [1.82, 2.24) is 4.90 Å². The molecule has 0 saturated heterocycles. The monoisotopic (exact) mass is 165 g/mol. The van der Waals surface area contributed by atoms with E-state index in [0.29, 0.717) is 6.54 Å². The fourth-order valence-electron chi connectivity index (χ4n) is 0.650. The lowest BCUT2D eigenvalue weighted by atomic mass is 10.3. The minimum Gasteiger partial charge on any atom is -0.481 e. The van der Waals surface area contributed by atoms with Gasteiger partial charge in [-0.2, -0.15) is 0 Å². The average molecular weight is 166 g/mol. The van der Waals surface area contributed by atoms with Gasteiger partial charge in [-0.3, -0.25) is 4.79 Å². The minimum absolute atomic E-state index is 0.0275. The van der Waals surface area contributed by atoms with Crippen molar-refractivity contribution >= 4 is 17.6 Å². The zero-order valence-corrected chi connectivity index (χ0v) is 6.93. The number of hydrogen-bond donors (Lipinski definition) is 1. The first kappa shape index (κ1) is 9.72. The second-order valence-electron chi connectivity index (χ2n) is 2.46. The summed E-state index contributed by atoms with van der Waals surface area (Å²) in [5.74, 6) is -0.846. The summed E-state index contributed by atoms with van der Waals surface area (Å²) < 4.78 is 0. The quantitative estimate of drug-likeness (QED) is 0.622. The maximum atomic E-state index is 10.1. The van der Waals surface area contributed by atoms with E-state index in [1.165, 1.54) is 0 Å². The molecule has 1 atom stereocenters. The van der Waals surface area contributed by atoms with Crippen LogP contribution in [-0.4, -0.2) is 42.0 Å². The Balaban J connectivity index is 3.43. The summed E-state index contributed by atoms with van der Waals surface area (Å²) in [7, 11) is 3.72. The van der Waals surface area contributed by atoms with E-state index in [0.717, 1.165) is 0 Å². The Morgan fingerprint density at radius 1 is 1.70 bits per heavy atom. The highest BCUT2D eigenvalue weighted by Gasteiger charge is 2.09. The number of aliphatic carboxylic acids is 1. The maximum Gasteiger partial charge on any atom is 0.304 e. The van der Waals surface area contributed by atoms with E-state index in [1.54, 1.807) is 0 Å². The highest BCUT2D eigenvalue weighted by molar-refractivity contribution is 6.21. The molecule has 0 bridgehead atoms. The Kier molecular flexibility index (Phi) is 4.40. The van der Waals surface area contributed by atoms with Crippen LogP contribution in [0.5, 0.6) is 0 Å². The third-order valence-electron chi connectivity index (χ3n) is 0.959. The topological polar surface area (TPSA) is 40.5 Å². The van der Waals surface area contributed by atoms with Crippen LogP contribution in [0.15, 0.2) is 0 Å². The Bertz CT molecular complexity index is 116. The molecule has 0 spiro atoms. The third kappa shape index (κ3) is 5.85. The van der Waals surface area contributed by atoms with Gasteiger partial charge in [-0.05, 0) is 14.1 Å². The minimum atomic E-state index is -0.846. The molecule has 1 N–H and O–H groups in total. The van der Waals surface area contributed by atoms with Gasteiger partial charge in [0, 0.05) is 6.54 Å². The standard InChI is InChI=1S/C6H12ClNO2/c1-8(2)4-5(7)3-6(9)10/h5H,3-4H2,1-2H3,(H,9,10). The van der Waals surface area contributed by atoms with Crippen LogP contribution >= 0.6 is 11.6 Å². The van der Waals surface area contributed by atoms with Crippen molar-refractivity contribution in [2.45, 2.75) is 11.8 Å². The van der Waals surface area contributed by atoms with Gasteiger partial charge in [0.2, 0.25) is 0 Å². The molecule has 4 heteroatoms. The SMILES string of the molecule is CN(C)CC(Cl)CC(=O)O. The highest BCUT2D eigenvalue weighted by atomic mass is 35.5. The molecule has 60 valence electrons. The molecule has 3 nitrogen and oxygen atoms in total. The van der Waals surface area contributed by atoms with Crippen molar-refractivity contribution in [1.29, 1.82) is 0 Å². The fourth-order valence-corrected chi connectivity index (χ4v) is 1.06. The largest absolute Gasteiger partial charge is 0.481 e. The zero-order chi connectivity index (χ0) is 8.15. The van der Waals surface area contributed by atoms with Crippen molar-refractivity contribution < 1.29 is 9.90 Å². The third-order valence-corrected chi connectivity index (χ3v) is 1.25. The van der Waals surface area contributed by atoms with Crippen molar-refractivity contribution in [3.8, 4) is 0 Å². The molecule has 0 aromatic rings. The van der Waals surface area contributed by atoms with Gasteiger partial charge in [0.25, 0.3) is 0 Å². The molecule has 0 aliphatic carbocycles. The van der Waals surface area contributed by atoms with Gasteiger partial charge in [0.05, 0.1) is 11.8 Å². The molecule has 0 aromatic heterocycles. The molecule has 10 heavy (non-hydrogen) atoms. The first-order chi connectivity index (χ1) is 4.52. The summed E-state index contributed by atoms with van der Waals surface area (Å²) in [6, 6.07) is 0. The lowest BCUT2D eigenvalue weighted by Gasteiger charge is -2.12. The van der Waals surface area contributed by atoms with Crippen LogP contribution in [0, 0.1) is 0 Å². The predicted octanol–water partition coefficient (Wildman–Crippen LogP) is 0.630. The van der Waals surface area contributed by atoms with Crippen molar-refractivity contribution in [2.24, 2.45) is 0 Å². The van der Waals surface area contributed by atoms with E-state index in [9.17, 15) is 4.79 Å². The number of hydrogen-bond acceptors (Lipinski definition) is 2. The molecular weight excluding hydrogens is 154 g/mol. The molecule has 0 aromatic carbocycles. The highest BCUT2D eigenvalue weighted by Crippen LogP contribution is 2.02. The summed E-state index contributed by atoms with van der Waals surface area (Å²) >= 11 is 5.65. The molecule has 0 amide bonds. The van der Waals surface area contributed by atoms with Crippen LogP contribution in [-0.2, 0) is 4.79 Å². The van der Waals surface area contributed by atoms with Crippen LogP contribution in [0.1, 0.15) is 6.42 Å². The second kappa shape index (κ2) is 4.52. The molecule has 0 rings (SSSR count). The number of halogens is 1. The summed E-state index contributed by atoms with van der Waals surface area (Å²) in [6.45, 7) is 0.605. The molecule has 0 radical (unpaired) electrons. The Hall–Kier alpha value is -0.280. The Labute approximate surface area is 65.6 Å². The van der Waals surface area contributed by atoms with Gasteiger partial charge >= 0.3 is 5.97 Å². The Morgan fingerprint density at radius 2 is 2.20 bits per heavy atom.